The summed E-state index contributed by atoms with van der Waals surface area (Å²) in [5.74, 6) is 0.895. The number of halogens is 3. The number of hydrogen-bond donors (Lipinski definition) is 1. The third kappa shape index (κ3) is 4.41. The van der Waals surface area contributed by atoms with E-state index in [-0.39, 0.29) is 5.91 Å². The number of amides is 1. The highest BCUT2D eigenvalue weighted by molar-refractivity contribution is 7.21. The molecule has 4 aromatic rings. The molecular weight excluding hydrogens is 449 g/mol. The molecule has 1 N–H and O–H groups in total. The molecule has 2 aromatic carbocycles. The van der Waals surface area contributed by atoms with Gasteiger partial charge in [-0.2, -0.15) is 13.2 Å². The molecule has 1 aliphatic heterocycles. The number of carbonyl (C=O) groups excluding carboxylic acids is 1. The lowest BCUT2D eigenvalue weighted by atomic mass is 10.1. The Kier molecular flexibility index (Phi) is 5.49. The molecule has 9 heteroatoms. The van der Waals surface area contributed by atoms with Crippen LogP contribution < -0.4 is 10.2 Å². The predicted octanol–water partition coefficient (Wildman–Crippen LogP) is 6.23. The van der Waals surface area contributed by atoms with E-state index in [1.807, 2.05) is 12.1 Å². The van der Waals surface area contributed by atoms with E-state index in [0.29, 0.717) is 32.2 Å². The Hall–Kier alpha value is -3.46. The number of fused-ring (bicyclic) bond motifs is 1. The maximum absolute atomic E-state index is 13.1. The van der Waals surface area contributed by atoms with E-state index in [1.165, 1.54) is 17.4 Å². The number of nitrogens with zero attached hydrogens (tertiary/aromatic N) is 3. The van der Waals surface area contributed by atoms with Crippen LogP contribution in [0.3, 0.4) is 0 Å². The number of nitrogens with one attached hydrogen (secondary N) is 1. The van der Waals surface area contributed by atoms with Crippen molar-refractivity contribution in [3.8, 4) is 10.6 Å². The van der Waals surface area contributed by atoms with Crippen LogP contribution >= 0.6 is 11.3 Å². The molecular formula is C24H19F3N4OS. The first-order valence-corrected chi connectivity index (χ1v) is 11.3. The molecule has 0 saturated carbocycles. The molecule has 3 heterocycles. The second-order valence-electron chi connectivity index (χ2n) is 7.78. The first-order chi connectivity index (χ1) is 15.9. The summed E-state index contributed by atoms with van der Waals surface area (Å²) in [6.45, 7) is 1.89. The van der Waals surface area contributed by atoms with Crippen LogP contribution in [-0.2, 0) is 6.18 Å². The lowest BCUT2D eigenvalue weighted by Crippen LogP contribution is -2.20. The number of benzene rings is 2. The fourth-order valence-electron chi connectivity index (χ4n) is 3.88. The van der Waals surface area contributed by atoms with Gasteiger partial charge in [0.25, 0.3) is 5.91 Å². The highest BCUT2D eigenvalue weighted by Gasteiger charge is 2.30. The van der Waals surface area contributed by atoms with Gasteiger partial charge in [0.1, 0.15) is 16.6 Å². The maximum Gasteiger partial charge on any atom is 0.416 e. The van der Waals surface area contributed by atoms with Crippen molar-refractivity contribution in [1.82, 2.24) is 9.97 Å². The van der Waals surface area contributed by atoms with Crippen molar-refractivity contribution in [2.45, 2.75) is 19.0 Å². The number of para-hydroxylation sites is 1. The number of alkyl halides is 3. The zero-order valence-electron chi connectivity index (χ0n) is 17.4. The van der Waals surface area contributed by atoms with Crippen LogP contribution in [0, 0.1) is 0 Å². The van der Waals surface area contributed by atoms with Gasteiger partial charge in [0.15, 0.2) is 0 Å². The molecule has 5 nitrogen and oxygen atoms in total. The highest BCUT2D eigenvalue weighted by Crippen LogP contribution is 2.36. The number of carbonyl (C=O) groups is 1. The van der Waals surface area contributed by atoms with Crippen molar-refractivity contribution in [3.05, 3.63) is 71.8 Å². The minimum absolute atomic E-state index is 0.343. The largest absolute Gasteiger partial charge is 0.416 e. The molecule has 1 aliphatic rings. The van der Waals surface area contributed by atoms with Gasteiger partial charge in [-0.25, -0.2) is 9.97 Å². The van der Waals surface area contributed by atoms with E-state index >= 15 is 0 Å². The van der Waals surface area contributed by atoms with E-state index in [0.717, 1.165) is 43.9 Å². The van der Waals surface area contributed by atoms with Crippen LogP contribution in [0.4, 0.5) is 24.8 Å². The SMILES string of the molecule is O=C(Nc1cccc(N2CCCC2)n1)c1cccc2sc(-c3cccc(C(F)(F)F)c3)nc12. The highest BCUT2D eigenvalue weighted by atomic mass is 32.1. The molecule has 1 amide bonds. The van der Waals surface area contributed by atoms with Crippen molar-refractivity contribution < 1.29 is 18.0 Å². The minimum atomic E-state index is -4.44. The van der Waals surface area contributed by atoms with E-state index in [1.54, 1.807) is 30.3 Å². The third-order valence-corrected chi connectivity index (χ3v) is 6.58. The smallest absolute Gasteiger partial charge is 0.357 e. The van der Waals surface area contributed by atoms with Crippen molar-refractivity contribution in [1.29, 1.82) is 0 Å². The standard InChI is InChI=1S/C24H19F3N4OS/c25-24(26,27)16-7-3-6-15(14-16)23-30-21-17(8-4-9-18(21)33-23)22(32)29-19-10-5-11-20(28-19)31-12-1-2-13-31/h3-11,14H,1-2,12-13H2,(H,28,29,32). The van der Waals surface area contributed by atoms with Crippen LogP contribution in [-0.4, -0.2) is 29.0 Å². The second kappa shape index (κ2) is 8.47. The van der Waals surface area contributed by atoms with Crippen LogP contribution in [0.5, 0.6) is 0 Å². The quantitative estimate of drug-likeness (QED) is 0.386. The van der Waals surface area contributed by atoms with Gasteiger partial charge in [0.05, 0.1) is 21.3 Å². The maximum atomic E-state index is 13.1. The average molecular weight is 469 g/mol. The second-order valence-corrected chi connectivity index (χ2v) is 8.81. The molecule has 5 rings (SSSR count). The first-order valence-electron chi connectivity index (χ1n) is 10.5. The summed E-state index contributed by atoms with van der Waals surface area (Å²) in [6, 6.07) is 15.7. The Morgan fingerprint density at radius 3 is 2.52 bits per heavy atom. The van der Waals surface area contributed by atoms with E-state index in [4.69, 9.17) is 0 Å². The summed E-state index contributed by atoms with van der Waals surface area (Å²) in [5.41, 5.74) is 0.414. The number of aromatic nitrogens is 2. The molecule has 1 fully saturated rings. The molecule has 0 atom stereocenters. The summed E-state index contributed by atoms with van der Waals surface area (Å²) >= 11 is 1.25. The van der Waals surface area contributed by atoms with Crippen molar-refractivity contribution >= 4 is 39.1 Å². The fraction of sp³-hybridized carbons (Fsp3) is 0.208. The van der Waals surface area contributed by atoms with Crippen molar-refractivity contribution in [2.24, 2.45) is 0 Å². The summed E-state index contributed by atoms with van der Waals surface area (Å²) in [4.78, 5) is 24.3. The molecule has 33 heavy (non-hydrogen) atoms. The van der Waals surface area contributed by atoms with Crippen molar-refractivity contribution in [3.63, 3.8) is 0 Å². The molecule has 0 aliphatic carbocycles. The van der Waals surface area contributed by atoms with Gasteiger partial charge >= 0.3 is 6.18 Å². The number of rotatable bonds is 4. The van der Waals surface area contributed by atoms with E-state index in [2.05, 4.69) is 20.2 Å². The lowest BCUT2D eigenvalue weighted by Gasteiger charge is -2.17. The molecule has 2 aromatic heterocycles. The van der Waals surface area contributed by atoms with Crippen molar-refractivity contribution in [2.75, 3.05) is 23.3 Å². The number of pyridine rings is 1. The van der Waals surface area contributed by atoms with Gasteiger partial charge in [-0.3, -0.25) is 4.79 Å². The van der Waals surface area contributed by atoms with Gasteiger partial charge < -0.3 is 10.2 Å². The molecule has 0 unspecified atom stereocenters. The summed E-state index contributed by atoms with van der Waals surface area (Å²) < 4.78 is 40.1. The van der Waals surface area contributed by atoms with Gasteiger partial charge in [0, 0.05) is 18.7 Å². The zero-order valence-corrected chi connectivity index (χ0v) is 18.2. The molecule has 1 saturated heterocycles. The lowest BCUT2D eigenvalue weighted by molar-refractivity contribution is -0.137. The summed E-state index contributed by atoms with van der Waals surface area (Å²) in [6.07, 6.45) is -2.19. The topological polar surface area (TPSA) is 58.1 Å². The van der Waals surface area contributed by atoms with Gasteiger partial charge in [0.2, 0.25) is 0 Å². The predicted molar refractivity (Wildman–Crippen MR) is 124 cm³/mol. The fourth-order valence-corrected chi connectivity index (χ4v) is 4.87. The normalized spacial score (nSPS) is 14.1. The third-order valence-electron chi connectivity index (χ3n) is 5.51. The van der Waals surface area contributed by atoms with E-state index < -0.39 is 11.7 Å². The molecule has 0 bridgehead atoms. The number of anilines is 2. The average Bonchev–Trinajstić information content (AvgIpc) is 3.49. The zero-order chi connectivity index (χ0) is 23.0. The Bertz CT molecular complexity index is 1330. The van der Waals surface area contributed by atoms with E-state index in [9.17, 15) is 18.0 Å². The van der Waals surface area contributed by atoms with Gasteiger partial charge in [-0.05, 0) is 49.2 Å². The van der Waals surface area contributed by atoms with Crippen LogP contribution in [0.1, 0.15) is 28.8 Å². The first kappa shape index (κ1) is 21.4. The van der Waals surface area contributed by atoms with Gasteiger partial charge in [-0.1, -0.05) is 24.3 Å². The Morgan fingerprint density at radius 2 is 1.73 bits per heavy atom. The molecule has 0 spiro atoms. The summed E-state index contributed by atoms with van der Waals surface area (Å²) in [7, 11) is 0. The Labute approximate surface area is 191 Å². The summed E-state index contributed by atoms with van der Waals surface area (Å²) in [5, 5.41) is 3.25. The number of thiazole rings is 1. The molecule has 0 radical (unpaired) electrons. The minimum Gasteiger partial charge on any atom is -0.357 e. The monoisotopic (exact) mass is 468 g/mol. The number of hydrogen-bond acceptors (Lipinski definition) is 5. The van der Waals surface area contributed by atoms with Crippen LogP contribution in [0.15, 0.2) is 60.7 Å². The van der Waals surface area contributed by atoms with Crippen LogP contribution in [0.25, 0.3) is 20.8 Å². The van der Waals surface area contributed by atoms with Crippen LogP contribution in [0.2, 0.25) is 0 Å². The Balaban J connectivity index is 1.44. The molecule has 168 valence electrons. The van der Waals surface area contributed by atoms with Gasteiger partial charge in [-0.15, -0.1) is 11.3 Å². The Morgan fingerprint density at radius 1 is 0.970 bits per heavy atom.